The quantitative estimate of drug-likeness (QED) is 0.838. The highest BCUT2D eigenvalue weighted by Crippen LogP contribution is 2.33. The molecular formula is C18H20N2O5. The van der Waals surface area contributed by atoms with E-state index in [9.17, 15) is 20.0 Å². The Kier molecular flexibility index (Phi) is 4.39. The van der Waals surface area contributed by atoms with Gasteiger partial charge in [0.15, 0.2) is 0 Å². The molecular weight excluding hydrogens is 324 g/mol. The number of amides is 1. The van der Waals surface area contributed by atoms with Gasteiger partial charge in [-0.05, 0) is 49.9 Å². The van der Waals surface area contributed by atoms with E-state index in [2.05, 4.69) is 6.07 Å². The number of nitrogens with zero attached hydrogens (tertiary/aromatic N) is 2. The van der Waals surface area contributed by atoms with E-state index >= 15 is 0 Å². The molecule has 132 valence electrons. The van der Waals surface area contributed by atoms with E-state index in [1.807, 2.05) is 6.07 Å². The smallest absolute Gasteiger partial charge is 0.410 e. The number of aldehydes is 1. The predicted molar refractivity (Wildman–Crippen MR) is 87.3 cm³/mol. The van der Waals surface area contributed by atoms with Gasteiger partial charge >= 0.3 is 6.09 Å². The van der Waals surface area contributed by atoms with Crippen LogP contribution in [-0.2, 0) is 22.4 Å². The molecule has 2 aliphatic rings. The van der Waals surface area contributed by atoms with Crippen LogP contribution < -0.4 is 4.74 Å². The fourth-order valence-corrected chi connectivity index (χ4v) is 3.61. The second kappa shape index (κ2) is 6.37. The number of carbonyl (C=O) groups excluding carboxylic acids is 1. The van der Waals surface area contributed by atoms with Crippen molar-refractivity contribution in [1.82, 2.24) is 4.90 Å². The molecule has 1 heterocycles. The van der Waals surface area contributed by atoms with Crippen LogP contribution >= 0.6 is 0 Å². The van der Waals surface area contributed by atoms with Crippen LogP contribution in [0.5, 0.6) is 5.75 Å². The molecule has 1 aliphatic carbocycles. The zero-order chi connectivity index (χ0) is 18.2. The number of nitriles is 1. The molecule has 0 radical (unpaired) electrons. The molecule has 25 heavy (non-hydrogen) atoms. The van der Waals surface area contributed by atoms with Gasteiger partial charge in [0.25, 0.3) is 0 Å². The minimum Gasteiger partial charge on any atom is -0.491 e. The van der Waals surface area contributed by atoms with Gasteiger partial charge in [-0.15, -0.1) is 0 Å². The maximum absolute atomic E-state index is 11.5. The molecule has 0 bridgehead atoms. The fraction of sp³-hybridized carbons (Fsp3) is 0.500. The summed E-state index contributed by atoms with van der Waals surface area (Å²) in [6.07, 6.45) is 1.05. The van der Waals surface area contributed by atoms with Gasteiger partial charge in [0.05, 0.1) is 24.3 Å². The van der Waals surface area contributed by atoms with Crippen LogP contribution in [-0.4, -0.2) is 47.4 Å². The molecule has 1 unspecified atom stereocenters. The van der Waals surface area contributed by atoms with Gasteiger partial charge < -0.3 is 19.4 Å². The molecule has 1 amide bonds. The number of rotatable bonds is 4. The lowest BCUT2D eigenvalue weighted by atomic mass is 10.0. The topological polar surface area (TPSA) is 99.9 Å². The summed E-state index contributed by atoms with van der Waals surface area (Å²) in [5.74, 6) is 0.417. The lowest BCUT2D eigenvalue weighted by Crippen LogP contribution is -2.49. The molecule has 1 saturated heterocycles. The lowest BCUT2D eigenvalue weighted by molar-refractivity contribution is -0.110. The van der Waals surface area contributed by atoms with Gasteiger partial charge in [0, 0.05) is 5.92 Å². The summed E-state index contributed by atoms with van der Waals surface area (Å²) in [6, 6.07) is 5.22. The predicted octanol–water partition coefficient (Wildman–Crippen LogP) is 1.97. The number of fused-ring (bicyclic) bond motifs is 1. The Hall–Kier alpha value is -2.59. The van der Waals surface area contributed by atoms with E-state index in [1.165, 1.54) is 4.90 Å². The van der Waals surface area contributed by atoms with Crippen molar-refractivity contribution in [1.29, 1.82) is 5.26 Å². The Morgan fingerprint density at radius 1 is 1.52 bits per heavy atom. The summed E-state index contributed by atoms with van der Waals surface area (Å²) in [5, 5.41) is 18.7. The molecule has 0 aromatic heterocycles. The molecule has 2 atom stereocenters. The molecule has 1 aromatic carbocycles. The molecule has 3 rings (SSSR count). The Morgan fingerprint density at radius 3 is 2.92 bits per heavy atom. The summed E-state index contributed by atoms with van der Waals surface area (Å²) in [4.78, 5) is 23.8. The van der Waals surface area contributed by atoms with E-state index in [0.29, 0.717) is 24.2 Å². The van der Waals surface area contributed by atoms with Crippen LogP contribution in [0.1, 0.15) is 30.5 Å². The minimum absolute atomic E-state index is 0.0936. The third kappa shape index (κ3) is 3.17. The summed E-state index contributed by atoms with van der Waals surface area (Å²) in [6.45, 7) is 3.78. The number of carbonyl (C=O) groups is 2. The molecule has 7 nitrogen and oxygen atoms in total. The number of benzene rings is 1. The first-order valence-electron chi connectivity index (χ1n) is 8.16. The first kappa shape index (κ1) is 17.2. The molecule has 1 N–H and O–H groups in total. The second-order valence-corrected chi connectivity index (χ2v) is 6.90. The van der Waals surface area contributed by atoms with Crippen molar-refractivity contribution < 1.29 is 24.2 Å². The molecule has 1 fully saturated rings. The van der Waals surface area contributed by atoms with E-state index < -0.39 is 17.9 Å². The lowest BCUT2D eigenvalue weighted by Gasteiger charge is -2.30. The van der Waals surface area contributed by atoms with Crippen molar-refractivity contribution in [3.63, 3.8) is 0 Å². The highest BCUT2D eigenvalue weighted by molar-refractivity contribution is 5.66. The van der Waals surface area contributed by atoms with Gasteiger partial charge in [-0.1, -0.05) is 0 Å². The van der Waals surface area contributed by atoms with E-state index in [0.717, 1.165) is 17.4 Å². The van der Waals surface area contributed by atoms with E-state index in [1.54, 1.807) is 19.9 Å². The third-order valence-electron chi connectivity index (χ3n) is 4.80. The number of hydrogen-bond acceptors (Lipinski definition) is 5. The summed E-state index contributed by atoms with van der Waals surface area (Å²) in [5.41, 5.74) is 1.47. The molecule has 7 heteroatoms. The SMILES string of the molecule is CC1(C)OC[C@@H](COc2cc(C#N)c3c(c2)CC(C=O)C3)N1C(=O)O. The summed E-state index contributed by atoms with van der Waals surface area (Å²) >= 11 is 0. The van der Waals surface area contributed by atoms with Crippen molar-refractivity contribution in [2.75, 3.05) is 13.2 Å². The normalized spacial score (nSPS) is 23.8. The van der Waals surface area contributed by atoms with Crippen LogP contribution in [0.4, 0.5) is 4.79 Å². The van der Waals surface area contributed by atoms with Crippen LogP contribution in [0.25, 0.3) is 0 Å². The largest absolute Gasteiger partial charge is 0.491 e. The Morgan fingerprint density at radius 2 is 2.28 bits per heavy atom. The standard InChI is InChI=1S/C18H20N2O5/c1-18(2)20(17(22)23)14(10-25-18)9-24-15-5-12-3-11(8-21)4-16(12)13(6-15)7-19/h5-6,8,11,14H,3-4,9-10H2,1-2H3,(H,22,23)/t11?,14-/m1/s1. The molecule has 1 aliphatic heterocycles. The summed E-state index contributed by atoms with van der Waals surface area (Å²) in [7, 11) is 0. The number of ether oxygens (including phenoxy) is 2. The number of hydrogen-bond donors (Lipinski definition) is 1. The first-order valence-corrected chi connectivity index (χ1v) is 8.16. The fourth-order valence-electron chi connectivity index (χ4n) is 3.61. The van der Waals surface area contributed by atoms with Crippen molar-refractivity contribution >= 4 is 12.4 Å². The van der Waals surface area contributed by atoms with E-state index in [4.69, 9.17) is 9.47 Å². The van der Waals surface area contributed by atoms with Crippen molar-refractivity contribution in [2.45, 2.75) is 38.5 Å². The Balaban J connectivity index is 1.76. The van der Waals surface area contributed by atoms with Crippen molar-refractivity contribution in [2.24, 2.45) is 5.92 Å². The van der Waals surface area contributed by atoms with Crippen LogP contribution in [0.15, 0.2) is 12.1 Å². The Bertz CT molecular complexity index is 753. The average molecular weight is 344 g/mol. The third-order valence-corrected chi connectivity index (χ3v) is 4.80. The van der Waals surface area contributed by atoms with E-state index in [-0.39, 0.29) is 19.1 Å². The second-order valence-electron chi connectivity index (χ2n) is 6.90. The van der Waals surface area contributed by atoms with Crippen molar-refractivity contribution in [3.05, 3.63) is 28.8 Å². The van der Waals surface area contributed by atoms with Crippen LogP contribution in [0.2, 0.25) is 0 Å². The highest BCUT2D eigenvalue weighted by Gasteiger charge is 2.44. The Labute approximate surface area is 145 Å². The van der Waals surface area contributed by atoms with Crippen LogP contribution in [0, 0.1) is 17.2 Å². The van der Waals surface area contributed by atoms with Gasteiger partial charge in [-0.2, -0.15) is 5.26 Å². The maximum atomic E-state index is 11.5. The minimum atomic E-state index is -1.06. The van der Waals surface area contributed by atoms with Gasteiger partial charge in [-0.25, -0.2) is 4.79 Å². The van der Waals surface area contributed by atoms with Gasteiger partial charge in [0.2, 0.25) is 0 Å². The van der Waals surface area contributed by atoms with Gasteiger partial charge in [-0.3, -0.25) is 4.90 Å². The maximum Gasteiger partial charge on any atom is 0.410 e. The zero-order valence-electron chi connectivity index (χ0n) is 14.2. The first-order chi connectivity index (χ1) is 11.9. The van der Waals surface area contributed by atoms with Crippen LogP contribution in [0.3, 0.4) is 0 Å². The van der Waals surface area contributed by atoms with Gasteiger partial charge in [0.1, 0.15) is 24.4 Å². The average Bonchev–Trinajstić information content (AvgIpc) is 3.11. The monoisotopic (exact) mass is 344 g/mol. The summed E-state index contributed by atoms with van der Waals surface area (Å²) < 4.78 is 11.3. The molecule has 1 aromatic rings. The van der Waals surface area contributed by atoms with Crippen molar-refractivity contribution in [3.8, 4) is 11.8 Å². The molecule has 0 saturated carbocycles. The highest BCUT2D eigenvalue weighted by atomic mass is 16.5. The zero-order valence-corrected chi connectivity index (χ0v) is 14.2. The number of carboxylic acid groups (broad SMARTS) is 1. The molecule has 0 spiro atoms.